The van der Waals surface area contributed by atoms with Crippen molar-refractivity contribution in [1.29, 1.82) is 0 Å². The van der Waals surface area contributed by atoms with Crippen LogP contribution in [0, 0.1) is 0 Å². The van der Waals surface area contributed by atoms with Gasteiger partial charge in [-0.3, -0.25) is 0 Å². The van der Waals surface area contributed by atoms with Crippen LogP contribution in [0.3, 0.4) is 0 Å². The van der Waals surface area contributed by atoms with Crippen LogP contribution in [0.15, 0.2) is 24.3 Å². The fourth-order valence-electron chi connectivity index (χ4n) is 2.72. The lowest BCUT2D eigenvalue weighted by Crippen LogP contribution is -2.50. The topological polar surface area (TPSA) is 15.3 Å². The van der Waals surface area contributed by atoms with E-state index in [4.69, 9.17) is 11.6 Å². The van der Waals surface area contributed by atoms with E-state index in [2.05, 4.69) is 36.2 Å². The maximum atomic E-state index is 5.96. The van der Waals surface area contributed by atoms with Crippen LogP contribution in [0.25, 0.3) is 0 Å². The minimum atomic E-state index is 0.260. The lowest BCUT2D eigenvalue weighted by Gasteiger charge is -2.36. The van der Waals surface area contributed by atoms with Crippen molar-refractivity contribution in [3.05, 3.63) is 29.3 Å². The van der Waals surface area contributed by atoms with E-state index in [-0.39, 0.29) is 5.54 Å². The van der Waals surface area contributed by atoms with Gasteiger partial charge in [0, 0.05) is 29.3 Å². The molecule has 1 saturated heterocycles. The Labute approximate surface area is 115 Å². The molecular formula is C15H23ClN2. The van der Waals surface area contributed by atoms with Gasteiger partial charge < -0.3 is 10.2 Å². The molecule has 0 amide bonds. The van der Waals surface area contributed by atoms with Crippen LogP contribution in [0.5, 0.6) is 0 Å². The van der Waals surface area contributed by atoms with Gasteiger partial charge in [-0.25, -0.2) is 0 Å². The van der Waals surface area contributed by atoms with Crippen LogP contribution in [-0.2, 0) is 0 Å². The molecule has 0 radical (unpaired) electrons. The second-order valence-corrected chi connectivity index (χ2v) is 5.60. The Morgan fingerprint density at radius 2 is 1.89 bits per heavy atom. The number of hydrogen-bond acceptors (Lipinski definition) is 2. The summed E-state index contributed by atoms with van der Waals surface area (Å²) in [5.41, 5.74) is 1.55. The molecule has 0 unspecified atom stereocenters. The SMILES string of the molecule is CCC1(CC)CN(c2ccc(Cl)cc2)CCCN1. The monoisotopic (exact) mass is 266 g/mol. The highest BCUT2D eigenvalue weighted by Crippen LogP contribution is 2.25. The van der Waals surface area contributed by atoms with Crippen molar-refractivity contribution in [3.63, 3.8) is 0 Å². The average Bonchev–Trinajstić information content (AvgIpc) is 2.63. The Bertz CT molecular complexity index is 371. The van der Waals surface area contributed by atoms with Gasteiger partial charge in [-0.05, 0) is 50.1 Å². The van der Waals surface area contributed by atoms with Crippen molar-refractivity contribution in [1.82, 2.24) is 5.32 Å². The van der Waals surface area contributed by atoms with E-state index in [1.54, 1.807) is 0 Å². The van der Waals surface area contributed by atoms with Crippen molar-refractivity contribution in [2.45, 2.75) is 38.6 Å². The normalized spacial score (nSPS) is 19.6. The van der Waals surface area contributed by atoms with Gasteiger partial charge in [-0.1, -0.05) is 25.4 Å². The predicted molar refractivity (Wildman–Crippen MR) is 79.6 cm³/mol. The summed E-state index contributed by atoms with van der Waals surface area (Å²) >= 11 is 5.96. The van der Waals surface area contributed by atoms with Crippen molar-refractivity contribution >= 4 is 17.3 Å². The molecule has 3 heteroatoms. The number of benzene rings is 1. The van der Waals surface area contributed by atoms with Gasteiger partial charge in [0.1, 0.15) is 0 Å². The van der Waals surface area contributed by atoms with E-state index in [1.165, 1.54) is 24.9 Å². The van der Waals surface area contributed by atoms with Crippen molar-refractivity contribution in [3.8, 4) is 0 Å². The molecule has 2 nitrogen and oxygen atoms in total. The third kappa shape index (κ3) is 2.99. The van der Waals surface area contributed by atoms with E-state index < -0.39 is 0 Å². The quantitative estimate of drug-likeness (QED) is 0.898. The molecule has 0 aliphatic carbocycles. The predicted octanol–water partition coefficient (Wildman–Crippen LogP) is 3.70. The van der Waals surface area contributed by atoms with Crippen LogP contribution < -0.4 is 10.2 Å². The van der Waals surface area contributed by atoms with Crippen LogP contribution in [0.1, 0.15) is 33.1 Å². The number of hydrogen-bond donors (Lipinski definition) is 1. The van der Waals surface area contributed by atoms with E-state index in [9.17, 15) is 0 Å². The van der Waals surface area contributed by atoms with Crippen LogP contribution in [0.4, 0.5) is 5.69 Å². The van der Waals surface area contributed by atoms with Gasteiger partial charge in [0.2, 0.25) is 0 Å². The molecule has 2 rings (SSSR count). The van der Waals surface area contributed by atoms with Crippen LogP contribution in [0.2, 0.25) is 5.02 Å². The number of rotatable bonds is 3. The first-order chi connectivity index (χ1) is 8.69. The van der Waals surface area contributed by atoms with E-state index in [0.29, 0.717) is 0 Å². The third-order valence-electron chi connectivity index (χ3n) is 4.14. The van der Waals surface area contributed by atoms with Crippen LogP contribution >= 0.6 is 11.6 Å². The molecule has 0 spiro atoms. The maximum Gasteiger partial charge on any atom is 0.0407 e. The molecule has 0 aromatic heterocycles. The molecule has 1 heterocycles. The Morgan fingerprint density at radius 1 is 1.22 bits per heavy atom. The Morgan fingerprint density at radius 3 is 2.50 bits per heavy atom. The molecule has 0 bridgehead atoms. The molecule has 1 aliphatic heterocycles. The maximum absolute atomic E-state index is 5.96. The molecule has 1 aliphatic rings. The first-order valence-electron chi connectivity index (χ1n) is 6.94. The van der Waals surface area contributed by atoms with Gasteiger partial charge in [-0.2, -0.15) is 0 Å². The summed E-state index contributed by atoms with van der Waals surface area (Å²) in [5, 5.41) is 4.55. The van der Waals surface area contributed by atoms with Gasteiger partial charge in [-0.15, -0.1) is 0 Å². The lowest BCUT2D eigenvalue weighted by molar-refractivity contribution is 0.321. The van der Waals surface area contributed by atoms with Crippen molar-refractivity contribution < 1.29 is 0 Å². The van der Waals surface area contributed by atoms with E-state index in [1.807, 2.05) is 12.1 Å². The highest BCUT2D eigenvalue weighted by atomic mass is 35.5. The molecule has 1 aromatic carbocycles. The minimum absolute atomic E-state index is 0.260. The minimum Gasteiger partial charge on any atom is -0.370 e. The number of nitrogens with one attached hydrogen (secondary N) is 1. The standard InChI is InChI=1S/C15H23ClN2/c1-3-15(4-2)12-18(11-5-10-17-15)14-8-6-13(16)7-9-14/h6-9,17H,3-5,10-12H2,1-2H3. The van der Waals surface area contributed by atoms with Crippen molar-refractivity contribution in [2.24, 2.45) is 0 Å². The fraction of sp³-hybridized carbons (Fsp3) is 0.600. The fourth-order valence-corrected chi connectivity index (χ4v) is 2.85. The molecule has 100 valence electrons. The average molecular weight is 267 g/mol. The third-order valence-corrected chi connectivity index (χ3v) is 4.40. The summed E-state index contributed by atoms with van der Waals surface area (Å²) in [6.45, 7) is 7.88. The van der Waals surface area contributed by atoms with Gasteiger partial charge in [0.05, 0.1) is 0 Å². The molecule has 1 aromatic rings. The molecular weight excluding hydrogens is 244 g/mol. The number of halogens is 1. The summed E-state index contributed by atoms with van der Waals surface area (Å²) in [4.78, 5) is 2.49. The van der Waals surface area contributed by atoms with Crippen LogP contribution in [-0.4, -0.2) is 25.2 Å². The summed E-state index contributed by atoms with van der Waals surface area (Å²) < 4.78 is 0. The smallest absolute Gasteiger partial charge is 0.0407 e. The van der Waals surface area contributed by atoms with E-state index in [0.717, 1.165) is 24.7 Å². The summed E-state index contributed by atoms with van der Waals surface area (Å²) in [5.74, 6) is 0. The molecule has 0 saturated carbocycles. The Kier molecular flexibility index (Phi) is 4.52. The Balaban J connectivity index is 2.19. The van der Waals surface area contributed by atoms with Gasteiger partial charge in [0.25, 0.3) is 0 Å². The molecule has 1 N–H and O–H groups in total. The largest absolute Gasteiger partial charge is 0.370 e. The first-order valence-corrected chi connectivity index (χ1v) is 7.32. The zero-order valence-electron chi connectivity index (χ0n) is 11.4. The summed E-state index contributed by atoms with van der Waals surface area (Å²) in [6.07, 6.45) is 3.55. The zero-order valence-corrected chi connectivity index (χ0v) is 12.1. The lowest BCUT2D eigenvalue weighted by atomic mass is 9.92. The molecule has 18 heavy (non-hydrogen) atoms. The van der Waals surface area contributed by atoms with E-state index >= 15 is 0 Å². The van der Waals surface area contributed by atoms with Gasteiger partial charge in [0.15, 0.2) is 0 Å². The second-order valence-electron chi connectivity index (χ2n) is 5.17. The van der Waals surface area contributed by atoms with Gasteiger partial charge >= 0.3 is 0 Å². The molecule has 0 atom stereocenters. The highest BCUT2D eigenvalue weighted by Gasteiger charge is 2.30. The summed E-state index contributed by atoms with van der Waals surface area (Å²) in [6, 6.07) is 8.22. The Hall–Kier alpha value is -0.730. The number of anilines is 1. The zero-order chi connectivity index (χ0) is 13.0. The first kappa shape index (κ1) is 13.7. The molecule has 1 fully saturated rings. The second kappa shape index (κ2) is 5.94. The number of nitrogens with zero attached hydrogens (tertiary/aromatic N) is 1. The highest BCUT2D eigenvalue weighted by molar-refractivity contribution is 6.30. The summed E-state index contributed by atoms with van der Waals surface area (Å²) in [7, 11) is 0. The van der Waals surface area contributed by atoms with Crippen molar-refractivity contribution in [2.75, 3.05) is 24.5 Å².